The molecule has 1 amide bonds. The number of ether oxygens (including phenoxy) is 3. The van der Waals surface area contributed by atoms with Crippen molar-refractivity contribution in [2.45, 2.75) is 39.5 Å². The van der Waals surface area contributed by atoms with E-state index in [9.17, 15) is 14.0 Å². The molecule has 0 unspecified atom stereocenters. The van der Waals surface area contributed by atoms with Crippen molar-refractivity contribution in [3.63, 3.8) is 0 Å². The van der Waals surface area contributed by atoms with Gasteiger partial charge in [0.1, 0.15) is 5.82 Å². The molecule has 0 aliphatic heterocycles. The van der Waals surface area contributed by atoms with Gasteiger partial charge in [0.15, 0.2) is 17.6 Å². The number of rotatable bonds is 9. The summed E-state index contributed by atoms with van der Waals surface area (Å²) < 4.78 is 29.0. The topological polar surface area (TPSA) is 73.9 Å². The van der Waals surface area contributed by atoms with Gasteiger partial charge in [0, 0.05) is 12.6 Å². The fourth-order valence-electron chi connectivity index (χ4n) is 2.51. The van der Waals surface area contributed by atoms with Crippen LogP contribution in [0.4, 0.5) is 4.39 Å². The Morgan fingerprint density at radius 1 is 1.07 bits per heavy atom. The number of hydrogen-bond donors (Lipinski definition) is 1. The zero-order valence-corrected chi connectivity index (χ0v) is 17.5. The number of hydrogen-bond acceptors (Lipinski definition) is 5. The fourth-order valence-corrected chi connectivity index (χ4v) is 2.51. The highest BCUT2D eigenvalue weighted by atomic mass is 19.1. The van der Waals surface area contributed by atoms with Gasteiger partial charge in [0.05, 0.1) is 13.2 Å². The van der Waals surface area contributed by atoms with E-state index in [1.54, 1.807) is 36.4 Å². The monoisotopic (exact) mass is 415 g/mol. The largest absolute Gasteiger partial charge is 0.493 e. The van der Waals surface area contributed by atoms with Crippen LogP contribution >= 0.6 is 0 Å². The predicted molar refractivity (Wildman–Crippen MR) is 112 cm³/mol. The molecule has 30 heavy (non-hydrogen) atoms. The summed E-state index contributed by atoms with van der Waals surface area (Å²) in [6, 6.07) is 11.0. The van der Waals surface area contributed by atoms with Crippen molar-refractivity contribution in [2.75, 3.05) is 7.11 Å². The molecule has 2 aromatic carbocycles. The van der Waals surface area contributed by atoms with Crippen molar-refractivity contribution in [1.29, 1.82) is 0 Å². The van der Waals surface area contributed by atoms with E-state index in [0.29, 0.717) is 17.1 Å². The molecule has 0 aliphatic carbocycles. The molecule has 1 N–H and O–H groups in total. The van der Waals surface area contributed by atoms with Crippen LogP contribution in [0, 0.1) is 5.82 Å². The van der Waals surface area contributed by atoms with Crippen LogP contribution in [-0.2, 0) is 20.9 Å². The SMILES string of the molecule is COc1cc(/C=C/C(=O)O[C@@H](C)C(=O)NCc2ccc(F)cc2)ccc1OC(C)C. The average Bonchev–Trinajstić information content (AvgIpc) is 2.71. The molecular formula is C23H26FNO5. The van der Waals surface area contributed by atoms with Gasteiger partial charge in [-0.1, -0.05) is 18.2 Å². The molecule has 1 atom stereocenters. The van der Waals surface area contributed by atoms with Crippen LogP contribution in [0.5, 0.6) is 11.5 Å². The first-order valence-corrected chi connectivity index (χ1v) is 9.54. The van der Waals surface area contributed by atoms with Crippen molar-refractivity contribution >= 4 is 18.0 Å². The van der Waals surface area contributed by atoms with Crippen LogP contribution in [0.3, 0.4) is 0 Å². The third-order valence-corrected chi connectivity index (χ3v) is 4.00. The standard InChI is InChI=1S/C23H26FNO5/c1-15(2)29-20-11-7-17(13-21(20)28-4)8-12-22(26)30-16(3)23(27)25-14-18-5-9-19(24)10-6-18/h5-13,15-16H,14H2,1-4H3,(H,25,27)/b12-8+/t16-/m0/s1. The number of benzene rings is 2. The Hall–Kier alpha value is -3.35. The minimum atomic E-state index is -0.973. The molecule has 0 fully saturated rings. The van der Waals surface area contributed by atoms with Gasteiger partial charge in [-0.2, -0.15) is 0 Å². The normalized spacial score (nSPS) is 11.9. The van der Waals surface area contributed by atoms with Gasteiger partial charge in [0.2, 0.25) is 0 Å². The average molecular weight is 415 g/mol. The maximum Gasteiger partial charge on any atom is 0.331 e. The van der Waals surface area contributed by atoms with E-state index in [-0.39, 0.29) is 18.5 Å². The summed E-state index contributed by atoms with van der Waals surface area (Å²) in [5, 5.41) is 2.64. The van der Waals surface area contributed by atoms with Crippen molar-refractivity contribution < 1.29 is 28.2 Å². The lowest BCUT2D eigenvalue weighted by molar-refractivity contribution is -0.150. The highest BCUT2D eigenvalue weighted by Crippen LogP contribution is 2.29. The van der Waals surface area contributed by atoms with E-state index in [4.69, 9.17) is 14.2 Å². The quantitative estimate of drug-likeness (QED) is 0.497. The highest BCUT2D eigenvalue weighted by Gasteiger charge is 2.16. The lowest BCUT2D eigenvalue weighted by Crippen LogP contribution is -2.35. The first-order valence-electron chi connectivity index (χ1n) is 9.54. The molecule has 0 heterocycles. The summed E-state index contributed by atoms with van der Waals surface area (Å²) in [6.45, 7) is 5.52. The Labute approximate surface area is 175 Å². The van der Waals surface area contributed by atoms with Gasteiger partial charge in [0.25, 0.3) is 5.91 Å². The van der Waals surface area contributed by atoms with E-state index in [1.165, 1.54) is 32.2 Å². The zero-order chi connectivity index (χ0) is 22.1. The molecule has 2 rings (SSSR count). The molecule has 0 saturated carbocycles. The minimum absolute atomic E-state index is 0.00552. The van der Waals surface area contributed by atoms with Crippen LogP contribution < -0.4 is 14.8 Å². The van der Waals surface area contributed by atoms with Crippen LogP contribution in [0.15, 0.2) is 48.5 Å². The highest BCUT2D eigenvalue weighted by molar-refractivity contribution is 5.90. The third-order valence-electron chi connectivity index (χ3n) is 4.00. The van der Waals surface area contributed by atoms with E-state index in [0.717, 1.165) is 5.56 Å². The van der Waals surface area contributed by atoms with E-state index in [2.05, 4.69) is 5.32 Å². The van der Waals surface area contributed by atoms with E-state index >= 15 is 0 Å². The second-order valence-corrected chi connectivity index (χ2v) is 6.83. The van der Waals surface area contributed by atoms with Gasteiger partial charge in [-0.25, -0.2) is 9.18 Å². The van der Waals surface area contributed by atoms with Crippen LogP contribution in [-0.4, -0.2) is 31.2 Å². The number of methoxy groups -OCH3 is 1. The zero-order valence-electron chi connectivity index (χ0n) is 17.5. The van der Waals surface area contributed by atoms with Gasteiger partial charge < -0.3 is 19.5 Å². The maximum absolute atomic E-state index is 12.9. The number of amides is 1. The summed E-state index contributed by atoms with van der Waals surface area (Å²) in [6.07, 6.45) is 1.83. The molecule has 7 heteroatoms. The number of carbonyl (C=O) groups excluding carboxylic acids is 2. The summed E-state index contributed by atoms with van der Waals surface area (Å²) >= 11 is 0. The van der Waals surface area contributed by atoms with E-state index < -0.39 is 18.0 Å². The number of esters is 1. The molecule has 160 valence electrons. The van der Waals surface area contributed by atoms with Crippen LogP contribution in [0.2, 0.25) is 0 Å². The van der Waals surface area contributed by atoms with Crippen molar-refractivity contribution in [3.05, 3.63) is 65.5 Å². The van der Waals surface area contributed by atoms with Gasteiger partial charge in [-0.15, -0.1) is 0 Å². The summed E-state index contributed by atoms with van der Waals surface area (Å²) in [7, 11) is 1.54. The fraction of sp³-hybridized carbons (Fsp3) is 0.304. The molecular weight excluding hydrogens is 389 g/mol. The van der Waals surface area contributed by atoms with Gasteiger partial charge in [-0.3, -0.25) is 4.79 Å². The van der Waals surface area contributed by atoms with Crippen LogP contribution in [0.25, 0.3) is 6.08 Å². The molecule has 0 radical (unpaired) electrons. The molecule has 0 bridgehead atoms. The molecule has 2 aromatic rings. The van der Waals surface area contributed by atoms with E-state index in [1.807, 2.05) is 13.8 Å². The van der Waals surface area contributed by atoms with Crippen molar-refractivity contribution in [2.24, 2.45) is 0 Å². The Morgan fingerprint density at radius 2 is 1.77 bits per heavy atom. The number of halogens is 1. The third kappa shape index (κ3) is 7.24. The summed E-state index contributed by atoms with van der Waals surface area (Å²) in [4.78, 5) is 24.1. The second kappa shape index (κ2) is 11.0. The molecule has 0 aromatic heterocycles. The lowest BCUT2D eigenvalue weighted by Gasteiger charge is -2.14. The second-order valence-electron chi connectivity index (χ2n) is 6.83. The first-order chi connectivity index (χ1) is 14.3. The molecule has 0 spiro atoms. The van der Waals surface area contributed by atoms with Gasteiger partial charge in [-0.05, 0) is 62.2 Å². The first kappa shape index (κ1) is 22.9. The predicted octanol–water partition coefficient (Wildman–Crippen LogP) is 3.88. The Morgan fingerprint density at radius 3 is 2.40 bits per heavy atom. The Kier molecular flexibility index (Phi) is 8.41. The maximum atomic E-state index is 12.9. The van der Waals surface area contributed by atoms with Gasteiger partial charge >= 0.3 is 5.97 Å². The lowest BCUT2D eigenvalue weighted by atomic mass is 10.2. The van der Waals surface area contributed by atoms with Crippen molar-refractivity contribution in [3.8, 4) is 11.5 Å². The smallest absolute Gasteiger partial charge is 0.331 e. The van der Waals surface area contributed by atoms with Crippen molar-refractivity contribution in [1.82, 2.24) is 5.32 Å². The van der Waals surface area contributed by atoms with Crippen LogP contribution in [0.1, 0.15) is 31.9 Å². The minimum Gasteiger partial charge on any atom is -0.493 e. The molecule has 6 nitrogen and oxygen atoms in total. The summed E-state index contributed by atoms with van der Waals surface area (Å²) in [5.74, 6) is -0.288. The number of carbonyl (C=O) groups is 2. The summed E-state index contributed by atoms with van der Waals surface area (Å²) in [5.41, 5.74) is 1.45. The Balaban J connectivity index is 1.88. The number of nitrogens with one attached hydrogen (secondary N) is 1. The molecule has 0 saturated heterocycles. The Bertz CT molecular complexity index is 893. The molecule has 0 aliphatic rings.